The number of unbranched alkanes of at least 4 members (excludes halogenated alkanes) is 2. The van der Waals surface area contributed by atoms with Crippen LogP contribution in [0.1, 0.15) is 31.2 Å². The fourth-order valence-corrected chi connectivity index (χ4v) is 3.04. The molecule has 0 amide bonds. The van der Waals surface area contributed by atoms with Gasteiger partial charge in [-0.2, -0.15) is 0 Å². The highest BCUT2D eigenvalue weighted by atomic mass is 32.2. The van der Waals surface area contributed by atoms with Crippen LogP contribution in [0, 0.1) is 6.92 Å². The molecule has 6 heteroatoms. The molecule has 0 radical (unpaired) electrons. The Morgan fingerprint density at radius 1 is 1.21 bits per heavy atom. The molecule has 0 bridgehead atoms. The molecular formula is C13H19NO4S. The summed E-state index contributed by atoms with van der Waals surface area (Å²) in [6.07, 6.45) is 2.03. The highest BCUT2D eigenvalue weighted by Gasteiger charge is 2.14. The van der Waals surface area contributed by atoms with Crippen molar-refractivity contribution in [2.45, 2.75) is 37.5 Å². The summed E-state index contributed by atoms with van der Waals surface area (Å²) in [5.74, 6) is -0.819. The largest absolute Gasteiger partial charge is 0.481 e. The first kappa shape index (κ1) is 15.7. The van der Waals surface area contributed by atoms with Crippen molar-refractivity contribution < 1.29 is 18.3 Å². The number of nitrogens with one attached hydrogen (secondary N) is 1. The molecule has 5 nitrogen and oxygen atoms in total. The summed E-state index contributed by atoms with van der Waals surface area (Å²) in [5, 5.41) is 8.47. The smallest absolute Gasteiger partial charge is 0.303 e. The molecule has 0 aliphatic carbocycles. The summed E-state index contributed by atoms with van der Waals surface area (Å²) in [7, 11) is -3.46. The zero-order valence-corrected chi connectivity index (χ0v) is 11.7. The van der Waals surface area contributed by atoms with Gasteiger partial charge in [-0.25, -0.2) is 13.1 Å². The summed E-state index contributed by atoms with van der Waals surface area (Å²) in [6, 6.07) is 6.80. The van der Waals surface area contributed by atoms with Crippen molar-refractivity contribution in [1.82, 2.24) is 4.72 Å². The summed E-state index contributed by atoms with van der Waals surface area (Å²) in [4.78, 5) is 10.6. The lowest BCUT2D eigenvalue weighted by Gasteiger charge is -2.08. The number of aliphatic carboxylic acids is 1. The monoisotopic (exact) mass is 285 g/mol. The Morgan fingerprint density at radius 2 is 1.89 bits per heavy atom. The quantitative estimate of drug-likeness (QED) is 0.715. The van der Waals surface area contributed by atoms with Gasteiger partial charge in [-0.15, -0.1) is 0 Å². The molecule has 0 aliphatic rings. The third-order valence-electron chi connectivity index (χ3n) is 2.74. The van der Waals surface area contributed by atoms with E-state index in [1.807, 2.05) is 0 Å². The second kappa shape index (κ2) is 7.25. The van der Waals surface area contributed by atoms with Crippen molar-refractivity contribution in [2.75, 3.05) is 6.54 Å². The van der Waals surface area contributed by atoms with E-state index in [1.54, 1.807) is 31.2 Å². The topological polar surface area (TPSA) is 83.5 Å². The number of hydrogen-bond donors (Lipinski definition) is 2. The van der Waals surface area contributed by atoms with Crippen molar-refractivity contribution in [3.8, 4) is 0 Å². The average molecular weight is 285 g/mol. The van der Waals surface area contributed by atoms with E-state index >= 15 is 0 Å². The van der Waals surface area contributed by atoms with E-state index in [4.69, 9.17) is 5.11 Å². The Morgan fingerprint density at radius 3 is 2.53 bits per heavy atom. The normalized spacial score (nSPS) is 11.4. The van der Waals surface area contributed by atoms with E-state index < -0.39 is 16.0 Å². The van der Waals surface area contributed by atoms with Gasteiger partial charge in [-0.1, -0.05) is 24.6 Å². The molecule has 0 unspecified atom stereocenters. The summed E-state index contributed by atoms with van der Waals surface area (Å²) in [6.45, 7) is 2.08. The maximum absolute atomic E-state index is 12.0. The third kappa shape index (κ3) is 5.40. The van der Waals surface area contributed by atoms with Crippen LogP contribution in [-0.4, -0.2) is 26.0 Å². The van der Waals surface area contributed by atoms with Crippen LogP contribution in [0.3, 0.4) is 0 Å². The van der Waals surface area contributed by atoms with Crippen LogP contribution >= 0.6 is 0 Å². The Balaban J connectivity index is 2.40. The zero-order chi connectivity index (χ0) is 14.3. The van der Waals surface area contributed by atoms with Gasteiger partial charge in [0.25, 0.3) is 0 Å². The molecule has 19 heavy (non-hydrogen) atoms. The summed E-state index contributed by atoms with van der Waals surface area (Å²) in [5.41, 5.74) is 0.709. The minimum absolute atomic E-state index is 0.130. The van der Waals surface area contributed by atoms with Crippen LogP contribution in [0.4, 0.5) is 0 Å². The Hall–Kier alpha value is -1.40. The van der Waals surface area contributed by atoms with Gasteiger partial charge in [-0.05, 0) is 31.4 Å². The van der Waals surface area contributed by atoms with Crippen molar-refractivity contribution in [1.29, 1.82) is 0 Å². The molecule has 0 heterocycles. The number of carbonyl (C=O) groups is 1. The second-order valence-corrected chi connectivity index (χ2v) is 6.10. The molecule has 0 spiro atoms. The highest BCUT2D eigenvalue weighted by Crippen LogP contribution is 2.13. The van der Waals surface area contributed by atoms with E-state index in [9.17, 15) is 13.2 Å². The van der Waals surface area contributed by atoms with Gasteiger partial charge < -0.3 is 5.11 Å². The van der Waals surface area contributed by atoms with Crippen molar-refractivity contribution in [3.63, 3.8) is 0 Å². The predicted octanol–water partition coefficient (Wildman–Crippen LogP) is 1.92. The maximum Gasteiger partial charge on any atom is 0.303 e. The fraction of sp³-hybridized carbons (Fsp3) is 0.462. The van der Waals surface area contributed by atoms with Crippen molar-refractivity contribution >= 4 is 16.0 Å². The van der Waals surface area contributed by atoms with E-state index in [1.165, 1.54) is 0 Å². The summed E-state index contributed by atoms with van der Waals surface area (Å²) < 4.78 is 26.5. The van der Waals surface area contributed by atoms with Crippen molar-refractivity contribution in [2.24, 2.45) is 0 Å². The van der Waals surface area contributed by atoms with E-state index in [2.05, 4.69) is 4.72 Å². The van der Waals surface area contributed by atoms with Crippen LogP contribution < -0.4 is 4.72 Å². The molecule has 0 aromatic heterocycles. The van der Waals surface area contributed by atoms with E-state index in [0.717, 1.165) is 0 Å². The number of carboxylic acid groups (broad SMARTS) is 1. The Bertz CT molecular complexity index is 525. The van der Waals surface area contributed by atoms with Crippen molar-refractivity contribution in [3.05, 3.63) is 29.8 Å². The zero-order valence-electron chi connectivity index (χ0n) is 10.9. The molecule has 0 saturated carbocycles. The second-order valence-electron chi connectivity index (χ2n) is 4.37. The number of sulfonamides is 1. The van der Waals surface area contributed by atoms with E-state index in [-0.39, 0.29) is 6.42 Å². The Labute approximate surface area is 113 Å². The first-order valence-corrected chi connectivity index (χ1v) is 7.69. The van der Waals surface area contributed by atoms with Crippen LogP contribution in [0.25, 0.3) is 0 Å². The number of hydrogen-bond acceptors (Lipinski definition) is 3. The van der Waals surface area contributed by atoms with Gasteiger partial charge in [0.05, 0.1) is 4.90 Å². The van der Waals surface area contributed by atoms with Gasteiger partial charge in [0.1, 0.15) is 0 Å². The molecule has 0 saturated heterocycles. The number of aryl methyl sites for hydroxylation is 1. The fourth-order valence-electron chi connectivity index (χ4n) is 1.72. The van der Waals surface area contributed by atoms with Crippen LogP contribution in [0.5, 0.6) is 0 Å². The molecule has 1 aromatic carbocycles. The van der Waals surface area contributed by atoms with Gasteiger partial charge in [-0.3, -0.25) is 4.79 Å². The Kier molecular flexibility index (Phi) is 5.98. The molecule has 1 rings (SSSR count). The van der Waals surface area contributed by atoms with E-state index in [0.29, 0.717) is 36.3 Å². The molecule has 2 N–H and O–H groups in total. The average Bonchev–Trinajstić information content (AvgIpc) is 2.33. The third-order valence-corrected chi connectivity index (χ3v) is 4.36. The molecule has 0 aliphatic heterocycles. The lowest BCUT2D eigenvalue weighted by atomic mass is 10.2. The van der Waals surface area contributed by atoms with Gasteiger partial charge in [0, 0.05) is 13.0 Å². The van der Waals surface area contributed by atoms with Gasteiger partial charge >= 0.3 is 5.97 Å². The van der Waals surface area contributed by atoms with Gasteiger partial charge in [0.15, 0.2) is 0 Å². The highest BCUT2D eigenvalue weighted by molar-refractivity contribution is 7.89. The molecule has 0 atom stereocenters. The SMILES string of the molecule is Cc1ccccc1S(=O)(=O)NCCCCCC(=O)O. The lowest BCUT2D eigenvalue weighted by Crippen LogP contribution is -2.25. The number of carboxylic acids is 1. The van der Waals surface area contributed by atoms with Crippen LogP contribution in [0.2, 0.25) is 0 Å². The minimum atomic E-state index is -3.46. The van der Waals surface area contributed by atoms with Crippen LogP contribution in [0.15, 0.2) is 29.2 Å². The summed E-state index contributed by atoms with van der Waals surface area (Å²) >= 11 is 0. The van der Waals surface area contributed by atoms with Gasteiger partial charge in [0.2, 0.25) is 10.0 Å². The molecule has 1 aromatic rings. The first-order chi connectivity index (χ1) is 8.93. The minimum Gasteiger partial charge on any atom is -0.481 e. The number of benzene rings is 1. The molecule has 0 fully saturated rings. The molecular weight excluding hydrogens is 266 g/mol. The predicted molar refractivity (Wildman–Crippen MR) is 72.5 cm³/mol. The molecule has 106 valence electrons. The maximum atomic E-state index is 12.0. The number of rotatable bonds is 8. The first-order valence-electron chi connectivity index (χ1n) is 6.20. The standard InChI is InChI=1S/C13H19NO4S/c1-11-7-4-5-8-12(11)19(17,18)14-10-6-2-3-9-13(15)16/h4-5,7-8,14H,2-3,6,9-10H2,1H3,(H,15,16). The van der Waals surface area contributed by atoms with Crippen LogP contribution in [-0.2, 0) is 14.8 Å². The lowest BCUT2D eigenvalue weighted by molar-refractivity contribution is -0.137.